The molecule has 2 rings (SSSR count). The van der Waals surface area contributed by atoms with Crippen LogP contribution in [-0.4, -0.2) is 35.0 Å². The number of rotatable bonds is 6. The fraction of sp³-hybridized carbons (Fsp3) is 0.250. The summed E-state index contributed by atoms with van der Waals surface area (Å²) in [7, 11) is 0. The van der Waals surface area contributed by atoms with E-state index in [1.54, 1.807) is 6.92 Å². The zero-order chi connectivity index (χ0) is 15.2. The van der Waals surface area contributed by atoms with Crippen LogP contribution in [-0.2, 0) is 11.2 Å². The van der Waals surface area contributed by atoms with Gasteiger partial charge in [0.25, 0.3) is 5.91 Å². The second-order valence-electron chi connectivity index (χ2n) is 4.82. The van der Waals surface area contributed by atoms with E-state index in [0.717, 1.165) is 5.56 Å². The lowest BCUT2D eigenvalue weighted by Crippen LogP contribution is -2.37. The van der Waals surface area contributed by atoms with Crippen molar-refractivity contribution in [3.05, 3.63) is 59.5 Å². The Balaban J connectivity index is 2.09. The van der Waals surface area contributed by atoms with Crippen LogP contribution in [0.5, 0.6) is 0 Å². The summed E-state index contributed by atoms with van der Waals surface area (Å²) >= 11 is 0. The maximum absolute atomic E-state index is 12.4. The van der Waals surface area contributed by atoms with E-state index < -0.39 is 5.97 Å². The van der Waals surface area contributed by atoms with Gasteiger partial charge >= 0.3 is 5.97 Å². The number of carboxylic acid groups (broad SMARTS) is 1. The Morgan fingerprint density at radius 2 is 1.90 bits per heavy atom. The Labute approximate surface area is 122 Å². The molecule has 1 aromatic heterocycles. The molecule has 1 aromatic carbocycles. The minimum absolute atomic E-state index is 0.320. The van der Waals surface area contributed by atoms with Crippen LogP contribution in [0.15, 0.2) is 47.3 Å². The molecular weight excluding hydrogens is 270 g/mol. The molecule has 0 radical (unpaired) electrons. The first-order valence-corrected chi connectivity index (χ1v) is 6.65. The molecule has 1 amide bonds. The largest absolute Gasteiger partial charge is 0.480 e. The maximum atomic E-state index is 12.4. The molecule has 0 aliphatic rings. The number of hydrogen-bond acceptors (Lipinski definition) is 3. The molecule has 0 bridgehead atoms. The Bertz CT molecular complexity index is 618. The van der Waals surface area contributed by atoms with Crippen LogP contribution in [0.1, 0.15) is 21.5 Å². The summed E-state index contributed by atoms with van der Waals surface area (Å²) in [5, 5.41) is 8.98. The van der Waals surface area contributed by atoms with E-state index in [0.29, 0.717) is 24.1 Å². The fourth-order valence-electron chi connectivity index (χ4n) is 2.07. The van der Waals surface area contributed by atoms with E-state index >= 15 is 0 Å². The van der Waals surface area contributed by atoms with Crippen molar-refractivity contribution in [3.8, 4) is 0 Å². The lowest BCUT2D eigenvalue weighted by molar-refractivity contribution is -0.137. The van der Waals surface area contributed by atoms with E-state index in [4.69, 9.17) is 9.52 Å². The lowest BCUT2D eigenvalue weighted by atomic mass is 10.1. The van der Waals surface area contributed by atoms with Crippen molar-refractivity contribution in [3.63, 3.8) is 0 Å². The average Bonchev–Trinajstić information content (AvgIpc) is 2.89. The smallest absolute Gasteiger partial charge is 0.323 e. The van der Waals surface area contributed by atoms with Gasteiger partial charge in [0.15, 0.2) is 0 Å². The number of hydrogen-bond donors (Lipinski definition) is 1. The highest BCUT2D eigenvalue weighted by Gasteiger charge is 2.21. The summed E-state index contributed by atoms with van der Waals surface area (Å²) in [4.78, 5) is 24.7. The van der Waals surface area contributed by atoms with Crippen LogP contribution in [0.25, 0.3) is 0 Å². The minimum atomic E-state index is -1.03. The number of carbonyl (C=O) groups excluding carboxylic acids is 1. The van der Waals surface area contributed by atoms with Gasteiger partial charge < -0.3 is 14.4 Å². The topological polar surface area (TPSA) is 70.8 Å². The van der Waals surface area contributed by atoms with E-state index in [-0.39, 0.29) is 12.5 Å². The summed E-state index contributed by atoms with van der Waals surface area (Å²) in [5.41, 5.74) is 2.17. The van der Waals surface area contributed by atoms with Crippen LogP contribution in [0.4, 0.5) is 0 Å². The van der Waals surface area contributed by atoms with Gasteiger partial charge in [-0.15, -0.1) is 0 Å². The van der Waals surface area contributed by atoms with Crippen LogP contribution < -0.4 is 0 Å². The van der Waals surface area contributed by atoms with Gasteiger partial charge in [-0.05, 0) is 24.5 Å². The van der Waals surface area contributed by atoms with Gasteiger partial charge in [-0.1, -0.05) is 30.3 Å². The SMILES string of the molecule is Cc1cocc1C(=O)N(CCc1ccccc1)CC(=O)O. The molecule has 0 aliphatic carbocycles. The first-order valence-electron chi connectivity index (χ1n) is 6.65. The second kappa shape index (κ2) is 6.74. The molecule has 0 fully saturated rings. The predicted molar refractivity (Wildman–Crippen MR) is 77.1 cm³/mol. The van der Waals surface area contributed by atoms with Gasteiger partial charge in [0.05, 0.1) is 11.8 Å². The van der Waals surface area contributed by atoms with Gasteiger partial charge in [-0.25, -0.2) is 0 Å². The number of carboxylic acids is 1. The zero-order valence-corrected chi connectivity index (χ0v) is 11.8. The minimum Gasteiger partial charge on any atom is -0.480 e. The second-order valence-corrected chi connectivity index (χ2v) is 4.82. The molecule has 21 heavy (non-hydrogen) atoms. The predicted octanol–water partition coefficient (Wildman–Crippen LogP) is 2.36. The summed E-state index contributed by atoms with van der Waals surface area (Å²) in [6.07, 6.45) is 3.44. The average molecular weight is 287 g/mol. The van der Waals surface area contributed by atoms with Gasteiger partial charge in [-0.3, -0.25) is 9.59 Å². The highest BCUT2D eigenvalue weighted by Crippen LogP contribution is 2.13. The van der Waals surface area contributed by atoms with Crippen molar-refractivity contribution < 1.29 is 19.1 Å². The van der Waals surface area contributed by atoms with Gasteiger partial charge in [0.2, 0.25) is 0 Å². The Morgan fingerprint density at radius 3 is 2.48 bits per heavy atom. The van der Waals surface area contributed by atoms with Crippen molar-refractivity contribution in [1.82, 2.24) is 4.90 Å². The number of carbonyl (C=O) groups is 2. The number of amides is 1. The molecule has 0 saturated carbocycles. The van der Waals surface area contributed by atoms with Gasteiger partial charge in [0, 0.05) is 6.54 Å². The highest BCUT2D eigenvalue weighted by atomic mass is 16.4. The monoisotopic (exact) mass is 287 g/mol. The molecule has 110 valence electrons. The number of aryl methyl sites for hydroxylation is 1. The maximum Gasteiger partial charge on any atom is 0.323 e. The molecular formula is C16H17NO4. The zero-order valence-electron chi connectivity index (χ0n) is 11.8. The third kappa shape index (κ3) is 3.95. The first-order chi connectivity index (χ1) is 10.1. The molecule has 0 atom stereocenters. The molecule has 0 spiro atoms. The molecule has 0 aliphatic heterocycles. The number of benzene rings is 1. The first kappa shape index (κ1) is 14.8. The van der Waals surface area contributed by atoms with Gasteiger partial charge in [-0.2, -0.15) is 0 Å². The number of furan rings is 1. The van der Waals surface area contributed by atoms with Crippen molar-refractivity contribution in [2.45, 2.75) is 13.3 Å². The van der Waals surface area contributed by atoms with Crippen molar-refractivity contribution in [1.29, 1.82) is 0 Å². The quantitative estimate of drug-likeness (QED) is 0.885. The summed E-state index contributed by atoms with van der Waals surface area (Å²) < 4.78 is 4.99. The van der Waals surface area contributed by atoms with Crippen molar-refractivity contribution >= 4 is 11.9 Å². The third-order valence-corrected chi connectivity index (χ3v) is 3.21. The summed E-state index contributed by atoms with van der Waals surface area (Å²) in [6, 6.07) is 9.65. The Hall–Kier alpha value is -2.56. The normalized spacial score (nSPS) is 10.3. The molecule has 2 aromatic rings. The lowest BCUT2D eigenvalue weighted by Gasteiger charge is -2.20. The third-order valence-electron chi connectivity index (χ3n) is 3.21. The Morgan fingerprint density at radius 1 is 1.19 bits per heavy atom. The van der Waals surface area contributed by atoms with E-state index in [2.05, 4.69) is 0 Å². The van der Waals surface area contributed by atoms with E-state index in [1.807, 2.05) is 30.3 Å². The van der Waals surface area contributed by atoms with Crippen LogP contribution in [0.2, 0.25) is 0 Å². The van der Waals surface area contributed by atoms with Gasteiger partial charge in [0.1, 0.15) is 12.8 Å². The number of nitrogens with zero attached hydrogens (tertiary/aromatic N) is 1. The standard InChI is InChI=1S/C16H17NO4/c1-12-10-21-11-14(12)16(20)17(9-15(18)19)8-7-13-5-3-2-4-6-13/h2-6,10-11H,7-9H2,1H3,(H,18,19). The van der Waals surface area contributed by atoms with Crippen LogP contribution in [0.3, 0.4) is 0 Å². The molecule has 0 unspecified atom stereocenters. The molecule has 0 saturated heterocycles. The molecule has 5 heteroatoms. The summed E-state index contributed by atoms with van der Waals surface area (Å²) in [6.45, 7) is 1.78. The van der Waals surface area contributed by atoms with Crippen LogP contribution in [0, 0.1) is 6.92 Å². The van der Waals surface area contributed by atoms with E-state index in [9.17, 15) is 9.59 Å². The summed E-state index contributed by atoms with van der Waals surface area (Å²) in [5.74, 6) is -1.35. The highest BCUT2D eigenvalue weighted by molar-refractivity contribution is 5.96. The molecule has 5 nitrogen and oxygen atoms in total. The van der Waals surface area contributed by atoms with Crippen molar-refractivity contribution in [2.75, 3.05) is 13.1 Å². The molecule has 1 heterocycles. The van der Waals surface area contributed by atoms with Crippen molar-refractivity contribution in [2.24, 2.45) is 0 Å². The number of aliphatic carboxylic acids is 1. The van der Waals surface area contributed by atoms with E-state index in [1.165, 1.54) is 17.4 Å². The van der Waals surface area contributed by atoms with Crippen LogP contribution >= 0.6 is 0 Å². The molecule has 1 N–H and O–H groups in total. The Kier molecular flexibility index (Phi) is 4.77. The fourth-order valence-corrected chi connectivity index (χ4v) is 2.07.